The largest absolute Gasteiger partial charge is 0.346 e. The molecule has 0 saturated carbocycles. The predicted octanol–water partition coefficient (Wildman–Crippen LogP) is 3.31. The van der Waals surface area contributed by atoms with Crippen molar-refractivity contribution in [2.24, 2.45) is 0 Å². The van der Waals surface area contributed by atoms with Gasteiger partial charge in [0.2, 0.25) is 0 Å². The Kier molecular flexibility index (Phi) is 5.13. The third-order valence-electron chi connectivity index (χ3n) is 3.13. The van der Waals surface area contributed by atoms with Gasteiger partial charge in [0.15, 0.2) is 0 Å². The summed E-state index contributed by atoms with van der Waals surface area (Å²) in [6, 6.07) is 11.3. The summed E-state index contributed by atoms with van der Waals surface area (Å²) in [5.74, 6) is 0.297. The molecule has 1 aromatic carbocycles. The SMILES string of the molecule is CCc1cccnc1CNC(=O)c1cccc(CCl)c1. The molecule has 1 aromatic heterocycles. The Bertz CT molecular complexity index is 599. The number of carbonyl (C=O) groups is 1. The summed E-state index contributed by atoms with van der Waals surface area (Å²) in [5.41, 5.74) is 3.63. The van der Waals surface area contributed by atoms with Crippen molar-refractivity contribution in [2.75, 3.05) is 0 Å². The van der Waals surface area contributed by atoms with Crippen LogP contribution >= 0.6 is 11.6 Å². The zero-order valence-electron chi connectivity index (χ0n) is 11.4. The van der Waals surface area contributed by atoms with Gasteiger partial charge in [-0.25, -0.2) is 0 Å². The number of alkyl halides is 1. The molecular weight excluding hydrogens is 272 g/mol. The van der Waals surface area contributed by atoms with Gasteiger partial charge in [-0.05, 0) is 35.7 Å². The Morgan fingerprint density at radius 1 is 1.30 bits per heavy atom. The minimum Gasteiger partial charge on any atom is -0.346 e. The number of nitrogens with one attached hydrogen (secondary N) is 1. The number of halogens is 1. The molecule has 0 aliphatic rings. The van der Waals surface area contributed by atoms with E-state index >= 15 is 0 Å². The molecule has 0 bridgehead atoms. The molecule has 0 spiro atoms. The molecule has 0 aliphatic heterocycles. The molecule has 0 aliphatic carbocycles. The van der Waals surface area contributed by atoms with Crippen LogP contribution in [0.4, 0.5) is 0 Å². The first-order valence-electron chi connectivity index (χ1n) is 6.60. The molecule has 4 heteroatoms. The van der Waals surface area contributed by atoms with Crippen molar-refractivity contribution in [1.82, 2.24) is 10.3 Å². The number of carbonyl (C=O) groups excluding carboxylic acids is 1. The number of hydrogen-bond donors (Lipinski definition) is 1. The van der Waals surface area contributed by atoms with E-state index in [2.05, 4.69) is 17.2 Å². The highest BCUT2D eigenvalue weighted by molar-refractivity contribution is 6.17. The van der Waals surface area contributed by atoms with Crippen LogP contribution in [0.3, 0.4) is 0 Å². The standard InChI is InChI=1S/C16H17ClN2O/c1-2-13-7-4-8-18-15(13)11-19-16(20)14-6-3-5-12(9-14)10-17/h3-9H,2,10-11H2,1H3,(H,19,20). The summed E-state index contributed by atoms with van der Waals surface area (Å²) < 4.78 is 0. The number of nitrogens with zero attached hydrogens (tertiary/aromatic N) is 1. The lowest BCUT2D eigenvalue weighted by Crippen LogP contribution is -2.24. The lowest BCUT2D eigenvalue weighted by atomic mass is 10.1. The van der Waals surface area contributed by atoms with Gasteiger partial charge in [-0.2, -0.15) is 0 Å². The topological polar surface area (TPSA) is 42.0 Å². The molecular formula is C16H17ClN2O. The first-order valence-corrected chi connectivity index (χ1v) is 7.14. The average molecular weight is 289 g/mol. The quantitative estimate of drug-likeness (QED) is 0.858. The third kappa shape index (κ3) is 3.58. The van der Waals surface area contributed by atoms with E-state index in [1.165, 1.54) is 0 Å². The Balaban J connectivity index is 2.04. The van der Waals surface area contributed by atoms with Gasteiger partial charge >= 0.3 is 0 Å². The van der Waals surface area contributed by atoms with Crippen molar-refractivity contribution in [3.8, 4) is 0 Å². The summed E-state index contributed by atoms with van der Waals surface area (Å²) in [6.07, 6.45) is 2.65. The van der Waals surface area contributed by atoms with Crippen LogP contribution in [0, 0.1) is 0 Å². The van der Waals surface area contributed by atoms with Crippen LogP contribution < -0.4 is 5.32 Å². The van der Waals surface area contributed by atoms with Gasteiger partial charge in [-0.15, -0.1) is 11.6 Å². The maximum absolute atomic E-state index is 12.1. The third-order valence-corrected chi connectivity index (χ3v) is 3.43. The highest BCUT2D eigenvalue weighted by Crippen LogP contribution is 2.09. The van der Waals surface area contributed by atoms with Crippen LogP contribution in [0.2, 0.25) is 0 Å². The molecule has 0 unspecified atom stereocenters. The number of aryl methyl sites for hydroxylation is 1. The highest BCUT2D eigenvalue weighted by Gasteiger charge is 2.07. The van der Waals surface area contributed by atoms with Crippen LogP contribution in [0.15, 0.2) is 42.6 Å². The molecule has 0 radical (unpaired) electrons. The van der Waals surface area contributed by atoms with Gasteiger partial charge in [0.25, 0.3) is 5.91 Å². The molecule has 2 rings (SSSR count). The lowest BCUT2D eigenvalue weighted by molar-refractivity contribution is 0.0950. The van der Waals surface area contributed by atoms with Crippen LogP contribution in [-0.2, 0) is 18.8 Å². The Labute approximate surface area is 124 Å². The zero-order valence-corrected chi connectivity index (χ0v) is 12.2. The second-order valence-electron chi connectivity index (χ2n) is 4.48. The predicted molar refractivity (Wildman–Crippen MR) is 80.8 cm³/mol. The van der Waals surface area contributed by atoms with Crippen LogP contribution in [0.1, 0.15) is 34.1 Å². The van der Waals surface area contributed by atoms with Gasteiger partial charge in [0.05, 0.1) is 12.2 Å². The molecule has 0 saturated heterocycles. The summed E-state index contributed by atoms with van der Waals surface area (Å²) in [5, 5.41) is 2.90. The van der Waals surface area contributed by atoms with E-state index in [1.807, 2.05) is 30.3 Å². The fourth-order valence-corrected chi connectivity index (χ4v) is 2.18. The first kappa shape index (κ1) is 14.5. The second kappa shape index (κ2) is 7.06. The number of hydrogen-bond acceptors (Lipinski definition) is 2. The second-order valence-corrected chi connectivity index (χ2v) is 4.75. The fraction of sp³-hybridized carbons (Fsp3) is 0.250. The molecule has 1 N–H and O–H groups in total. The Morgan fingerprint density at radius 2 is 2.15 bits per heavy atom. The minimum atomic E-state index is -0.107. The normalized spacial score (nSPS) is 10.3. The van der Waals surface area contributed by atoms with E-state index in [-0.39, 0.29) is 5.91 Å². The molecule has 0 fully saturated rings. The summed E-state index contributed by atoms with van der Waals surface area (Å²) in [6.45, 7) is 2.51. The zero-order chi connectivity index (χ0) is 14.4. The summed E-state index contributed by atoms with van der Waals surface area (Å²) in [4.78, 5) is 16.4. The Hall–Kier alpha value is -1.87. The van der Waals surface area contributed by atoms with E-state index in [0.717, 1.165) is 23.2 Å². The van der Waals surface area contributed by atoms with E-state index < -0.39 is 0 Å². The van der Waals surface area contributed by atoms with E-state index in [9.17, 15) is 4.79 Å². The van der Waals surface area contributed by atoms with Gasteiger partial charge < -0.3 is 5.32 Å². The van der Waals surface area contributed by atoms with Crippen molar-refractivity contribution in [3.63, 3.8) is 0 Å². The maximum Gasteiger partial charge on any atom is 0.251 e. The van der Waals surface area contributed by atoms with E-state index in [4.69, 9.17) is 11.6 Å². The lowest BCUT2D eigenvalue weighted by Gasteiger charge is -2.08. The van der Waals surface area contributed by atoms with Crippen molar-refractivity contribution < 1.29 is 4.79 Å². The maximum atomic E-state index is 12.1. The molecule has 3 nitrogen and oxygen atoms in total. The van der Waals surface area contributed by atoms with Gasteiger partial charge in [-0.3, -0.25) is 9.78 Å². The van der Waals surface area contributed by atoms with Crippen LogP contribution in [-0.4, -0.2) is 10.9 Å². The molecule has 1 heterocycles. The minimum absolute atomic E-state index is 0.107. The van der Waals surface area contributed by atoms with Crippen LogP contribution in [0.25, 0.3) is 0 Å². The van der Waals surface area contributed by atoms with Gasteiger partial charge in [0, 0.05) is 17.6 Å². The monoisotopic (exact) mass is 288 g/mol. The smallest absolute Gasteiger partial charge is 0.251 e. The van der Waals surface area contributed by atoms with Crippen molar-refractivity contribution in [3.05, 3.63) is 65.0 Å². The van der Waals surface area contributed by atoms with Crippen LogP contribution in [0.5, 0.6) is 0 Å². The summed E-state index contributed by atoms with van der Waals surface area (Å²) in [7, 11) is 0. The van der Waals surface area contributed by atoms with E-state index in [0.29, 0.717) is 18.0 Å². The Morgan fingerprint density at radius 3 is 2.90 bits per heavy atom. The molecule has 2 aromatic rings. The number of rotatable bonds is 5. The molecule has 1 amide bonds. The van der Waals surface area contributed by atoms with Gasteiger partial charge in [0.1, 0.15) is 0 Å². The molecule has 0 atom stereocenters. The van der Waals surface area contributed by atoms with Gasteiger partial charge in [-0.1, -0.05) is 25.1 Å². The van der Waals surface area contributed by atoms with E-state index in [1.54, 1.807) is 12.3 Å². The first-order chi connectivity index (χ1) is 9.74. The fourth-order valence-electron chi connectivity index (χ4n) is 2.01. The molecule has 20 heavy (non-hydrogen) atoms. The summed E-state index contributed by atoms with van der Waals surface area (Å²) >= 11 is 5.77. The number of amides is 1. The highest BCUT2D eigenvalue weighted by atomic mass is 35.5. The number of pyridine rings is 1. The average Bonchev–Trinajstić information content (AvgIpc) is 2.52. The van der Waals surface area contributed by atoms with Crippen molar-refractivity contribution in [1.29, 1.82) is 0 Å². The van der Waals surface area contributed by atoms with Crippen molar-refractivity contribution >= 4 is 17.5 Å². The number of aromatic nitrogens is 1. The number of benzene rings is 1. The molecule has 104 valence electrons. The van der Waals surface area contributed by atoms with Crippen molar-refractivity contribution in [2.45, 2.75) is 25.8 Å².